The number of aliphatic hydroxyl groups excluding tert-OH is 1. The molecule has 2 aliphatic heterocycles. The summed E-state index contributed by atoms with van der Waals surface area (Å²) >= 11 is 0. The number of carbonyl (C=O) groups excluding carboxylic acids is 2. The fourth-order valence-corrected chi connectivity index (χ4v) is 4.77. The monoisotopic (exact) mass is 531 g/mol. The number of benzene rings is 3. The number of hydrogen-bond acceptors (Lipinski definition) is 8. The van der Waals surface area contributed by atoms with Gasteiger partial charge in [-0.2, -0.15) is 5.26 Å². The number of imide groups is 1. The van der Waals surface area contributed by atoms with Crippen LogP contribution in [0.4, 0.5) is 10.1 Å². The smallest absolute Gasteiger partial charge is 0.261 e. The number of halogens is 1. The maximum Gasteiger partial charge on any atom is 0.261 e. The van der Waals surface area contributed by atoms with Crippen molar-refractivity contribution in [2.75, 3.05) is 31.8 Å². The van der Waals surface area contributed by atoms with E-state index in [4.69, 9.17) is 19.5 Å². The predicted molar refractivity (Wildman–Crippen MR) is 138 cm³/mol. The zero-order chi connectivity index (χ0) is 27.5. The van der Waals surface area contributed by atoms with Gasteiger partial charge in [-0.05, 0) is 54.1 Å². The van der Waals surface area contributed by atoms with E-state index in [9.17, 15) is 19.1 Å². The summed E-state index contributed by atoms with van der Waals surface area (Å²) in [5.74, 6) is -1.18. The van der Waals surface area contributed by atoms with Crippen LogP contribution < -0.4 is 9.64 Å². The Balaban J connectivity index is 1.27. The number of anilines is 1. The fraction of sp³-hybridized carbons (Fsp3) is 0.276. The van der Waals surface area contributed by atoms with Gasteiger partial charge in [-0.3, -0.25) is 14.5 Å². The Morgan fingerprint density at radius 2 is 1.72 bits per heavy atom. The number of carbonyl (C=O) groups is 2. The number of fused-ring (bicyclic) bond motifs is 1. The summed E-state index contributed by atoms with van der Waals surface area (Å²) in [6.07, 6.45) is -2.13. The zero-order valence-electron chi connectivity index (χ0n) is 21.1. The van der Waals surface area contributed by atoms with Crippen LogP contribution >= 0.6 is 0 Å². The Hall–Kier alpha value is -4.30. The molecule has 0 saturated carbocycles. The van der Waals surface area contributed by atoms with E-state index in [0.717, 1.165) is 4.90 Å². The Morgan fingerprint density at radius 1 is 1.08 bits per heavy atom. The number of hydrogen-bond donors (Lipinski definition) is 1. The molecule has 2 amide bonds. The molecular formula is C29H26FN3O6. The highest BCUT2D eigenvalue weighted by molar-refractivity contribution is 6.21. The summed E-state index contributed by atoms with van der Waals surface area (Å²) in [6.45, 7) is 0.317. The van der Waals surface area contributed by atoms with Gasteiger partial charge in [-0.1, -0.05) is 18.2 Å². The molecular weight excluding hydrogens is 505 g/mol. The maximum atomic E-state index is 14.3. The minimum Gasteiger partial charge on any atom is -0.494 e. The number of ether oxygens (including phenoxy) is 3. The lowest BCUT2D eigenvalue weighted by molar-refractivity contribution is -0.234. The van der Waals surface area contributed by atoms with E-state index in [1.165, 1.54) is 19.2 Å². The van der Waals surface area contributed by atoms with Crippen LogP contribution in [0.15, 0.2) is 66.7 Å². The van der Waals surface area contributed by atoms with Crippen LogP contribution in [0.1, 0.15) is 31.8 Å². The lowest BCUT2D eigenvalue weighted by Crippen LogP contribution is -2.53. The molecule has 0 aliphatic carbocycles. The molecule has 1 fully saturated rings. The molecule has 0 radical (unpaired) electrons. The Bertz CT molecular complexity index is 1380. The van der Waals surface area contributed by atoms with Crippen LogP contribution in [-0.4, -0.2) is 67.1 Å². The van der Waals surface area contributed by atoms with Gasteiger partial charge in [0.05, 0.1) is 49.1 Å². The summed E-state index contributed by atoms with van der Waals surface area (Å²) in [7, 11) is 1.39. The van der Waals surface area contributed by atoms with E-state index in [1.54, 1.807) is 54.6 Å². The molecule has 0 aromatic heterocycles. The first-order valence-electron chi connectivity index (χ1n) is 12.4. The van der Waals surface area contributed by atoms with Gasteiger partial charge < -0.3 is 24.2 Å². The zero-order valence-corrected chi connectivity index (χ0v) is 21.1. The van der Waals surface area contributed by atoms with Crippen LogP contribution in [-0.2, 0) is 16.0 Å². The highest BCUT2D eigenvalue weighted by atomic mass is 19.1. The largest absolute Gasteiger partial charge is 0.494 e. The van der Waals surface area contributed by atoms with Gasteiger partial charge in [-0.15, -0.1) is 0 Å². The van der Waals surface area contributed by atoms with Crippen LogP contribution in [0.25, 0.3) is 0 Å². The van der Waals surface area contributed by atoms with Gasteiger partial charge in [-0.25, -0.2) is 4.39 Å². The molecule has 200 valence electrons. The van der Waals surface area contributed by atoms with Crippen molar-refractivity contribution in [3.8, 4) is 11.8 Å². The van der Waals surface area contributed by atoms with Gasteiger partial charge in [0, 0.05) is 18.8 Å². The topological polar surface area (TPSA) is 112 Å². The molecule has 1 atom stereocenters. The van der Waals surface area contributed by atoms with Crippen LogP contribution in [0.2, 0.25) is 0 Å². The van der Waals surface area contributed by atoms with Gasteiger partial charge in [0.1, 0.15) is 6.10 Å². The van der Waals surface area contributed by atoms with Crippen molar-refractivity contribution in [3.05, 3.63) is 94.8 Å². The molecule has 10 heteroatoms. The molecule has 2 aliphatic rings. The van der Waals surface area contributed by atoms with Crippen molar-refractivity contribution in [3.63, 3.8) is 0 Å². The fourth-order valence-electron chi connectivity index (χ4n) is 4.77. The molecule has 2 heterocycles. The molecule has 9 nitrogen and oxygen atoms in total. The standard InChI is InChI=1S/C29H26FN3O6/c1-37-26-11-8-19(12-24(26)30)14-32(20-9-6-18(13-31)7-10-20)15-25(34)29-38-16-21(17-39-29)33-27(35)22-4-2-3-5-23(22)28(33)36/h2-12,21,25,29,34H,14-17H2,1H3/t21?,25-,29?/m0/s1. The van der Waals surface area contributed by atoms with Crippen molar-refractivity contribution in [2.24, 2.45) is 0 Å². The summed E-state index contributed by atoms with van der Waals surface area (Å²) in [5.41, 5.74) is 2.51. The SMILES string of the molecule is COc1ccc(CN(C[C@H](O)C2OCC(N3C(=O)c4ccccc4C3=O)CO2)c2ccc(C#N)cc2)cc1F. The molecule has 1 saturated heterocycles. The summed E-state index contributed by atoms with van der Waals surface area (Å²) in [4.78, 5) is 28.5. The number of rotatable bonds is 8. The van der Waals surface area contributed by atoms with Crippen molar-refractivity contribution in [1.29, 1.82) is 5.26 Å². The Labute approximate surface area is 224 Å². The molecule has 0 spiro atoms. The lowest BCUT2D eigenvalue weighted by atomic mass is 10.1. The quantitative estimate of drug-likeness (QED) is 0.442. The summed E-state index contributed by atoms with van der Waals surface area (Å²) in [6, 6.07) is 19.5. The third-order valence-corrected chi connectivity index (χ3v) is 6.77. The first kappa shape index (κ1) is 26.3. The van der Waals surface area contributed by atoms with E-state index in [2.05, 4.69) is 6.07 Å². The normalized spacial score (nSPS) is 19.4. The number of amides is 2. The van der Waals surface area contributed by atoms with Gasteiger partial charge >= 0.3 is 0 Å². The van der Waals surface area contributed by atoms with Crippen molar-refractivity contribution in [2.45, 2.75) is 25.0 Å². The molecule has 39 heavy (non-hydrogen) atoms. The number of nitriles is 1. The van der Waals surface area contributed by atoms with Gasteiger partial charge in [0.25, 0.3) is 11.8 Å². The number of aliphatic hydroxyl groups is 1. The van der Waals surface area contributed by atoms with E-state index < -0.39 is 36.1 Å². The third-order valence-electron chi connectivity index (χ3n) is 6.77. The number of methoxy groups -OCH3 is 1. The van der Waals surface area contributed by atoms with Crippen molar-refractivity contribution < 1.29 is 33.3 Å². The Morgan fingerprint density at radius 3 is 2.28 bits per heavy atom. The van der Waals surface area contributed by atoms with Gasteiger partial charge in [0.15, 0.2) is 17.9 Å². The van der Waals surface area contributed by atoms with Gasteiger partial charge in [0.2, 0.25) is 0 Å². The minimum atomic E-state index is -1.12. The van der Waals surface area contributed by atoms with E-state index >= 15 is 0 Å². The lowest BCUT2D eigenvalue weighted by Gasteiger charge is -2.37. The second-order valence-corrected chi connectivity index (χ2v) is 9.29. The first-order chi connectivity index (χ1) is 18.9. The van der Waals surface area contributed by atoms with Crippen LogP contribution in [0, 0.1) is 17.1 Å². The third kappa shape index (κ3) is 5.33. The summed E-state index contributed by atoms with van der Waals surface area (Å²) < 4.78 is 30.9. The summed E-state index contributed by atoms with van der Waals surface area (Å²) in [5, 5.41) is 20.2. The average Bonchev–Trinajstić information content (AvgIpc) is 3.22. The Kier molecular flexibility index (Phi) is 7.56. The molecule has 3 aromatic carbocycles. The molecule has 0 bridgehead atoms. The minimum absolute atomic E-state index is 0.00769. The number of nitrogens with zero attached hydrogens (tertiary/aromatic N) is 3. The van der Waals surface area contributed by atoms with Crippen molar-refractivity contribution >= 4 is 17.5 Å². The first-order valence-corrected chi connectivity index (χ1v) is 12.4. The maximum absolute atomic E-state index is 14.3. The van der Waals surface area contributed by atoms with E-state index in [-0.39, 0.29) is 32.1 Å². The average molecular weight is 532 g/mol. The molecule has 5 rings (SSSR count). The molecule has 3 aromatic rings. The van der Waals surface area contributed by atoms with Crippen LogP contribution in [0.5, 0.6) is 5.75 Å². The predicted octanol–water partition coefficient (Wildman–Crippen LogP) is 3.11. The van der Waals surface area contributed by atoms with Crippen molar-refractivity contribution in [1.82, 2.24) is 4.90 Å². The second kappa shape index (κ2) is 11.2. The highest BCUT2D eigenvalue weighted by Gasteiger charge is 2.42. The second-order valence-electron chi connectivity index (χ2n) is 9.29. The van der Waals surface area contributed by atoms with E-state index in [0.29, 0.717) is 27.9 Å². The molecule has 1 N–H and O–H groups in total. The molecule has 0 unspecified atom stereocenters. The van der Waals surface area contributed by atoms with E-state index in [1.807, 2.05) is 4.90 Å². The van der Waals surface area contributed by atoms with Crippen LogP contribution in [0.3, 0.4) is 0 Å². The highest BCUT2D eigenvalue weighted by Crippen LogP contribution is 2.28.